The quantitative estimate of drug-likeness (QED) is 0.366. The van der Waals surface area contributed by atoms with Crippen molar-refractivity contribution < 1.29 is 14.6 Å². The first-order valence-corrected chi connectivity index (χ1v) is 6.27. The van der Waals surface area contributed by atoms with Crippen LogP contribution in [0.25, 0.3) is 0 Å². The van der Waals surface area contributed by atoms with Crippen molar-refractivity contribution in [3.8, 4) is 0 Å². The Balaban J connectivity index is 1.99. The highest BCUT2D eigenvalue weighted by atomic mass is 16.9. The van der Waals surface area contributed by atoms with Crippen molar-refractivity contribution in [2.24, 2.45) is 0 Å². The molecule has 1 N–H and O–H groups in total. The zero-order valence-corrected chi connectivity index (χ0v) is 10.00. The molecule has 1 aliphatic rings. The van der Waals surface area contributed by atoms with Gasteiger partial charge >= 0.3 is 5.97 Å². The Morgan fingerprint density at radius 1 is 1.13 bits per heavy atom. The standard InChI is InChI=1S/C12H24O3/c1-3-5-7-8-9-11-12(13,15-11)14-10-6-4-2/h11,13H,3-10H2,1-2H3. The molecule has 0 radical (unpaired) electrons. The van der Waals surface area contributed by atoms with Gasteiger partial charge in [0.05, 0.1) is 6.61 Å². The maximum Gasteiger partial charge on any atom is 0.309 e. The first kappa shape index (κ1) is 12.9. The molecule has 1 aliphatic heterocycles. The Morgan fingerprint density at radius 3 is 2.53 bits per heavy atom. The normalized spacial score (nSPS) is 29.4. The summed E-state index contributed by atoms with van der Waals surface area (Å²) in [6.45, 7) is 4.89. The van der Waals surface area contributed by atoms with Crippen LogP contribution in [0.5, 0.6) is 0 Å². The Morgan fingerprint density at radius 2 is 1.87 bits per heavy atom. The summed E-state index contributed by atoms with van der Waals surface area (Å²) in [6.07, 6.45) is 7.75. The summed E-state index contributed by atoms with van der Waals surface area (Å²) < 4.78 is 10.4. The third-order valence-corrected chi connectivity index (χ3v) is 2.79. The molecule has 1 rings (SSSR count). The molecule has 0 bridgehead atoms. The van der Waals surface area contributed by atoms with Gasteiger partial charge in [0, 0.05) is 0 Å². The van der Waals surface area contributed by atoms with Crippen LogP contribution >= 0.6 is 0 Å². The van der Waals surface area contributed by atoms with Crippen molar-refractivity contribution in [3.63, 3.8) is 0 Å². The van der Waals surface area contributed by atoms with E-state index in [1.165, 1.54) is 19.3 Å². The summed E-state index contributed by atoms with van der Waals surface area (Å²) >= 11 is 0. The fourth-order valence-electron chi connectivity index (χ4n) is 1.66. The molecule has 0 aromatic heterocycles. The first-order valence-electron chi connectivity index (χ1n) is 6.27. The summed E-state index contributed by atoms with van der Waals surface area (Å²) in [5, 5.41) is 9.73. The number of epoxide rings is 1. The number of aliphatic hydroxyl groups is 1. The highest BCUT2D eigenvalue weighted by Crippen LogP contribution is 2.38. The molecule has 15 heavy (non-hydrogen) atoms. The van der Waals surface area contributed by atoms with Gasteiger partial charge in [0.25, 0.3) is 0 Å². The highest BCUT2D eigenvalue weighted by molar-refractivity contribution is 4.84. The maximum absolute atomic E-state index is 9.73. The molecular weight excluding hydrogens is 192 g/mol. The van der Waals surface area contributed by atoms with Crippen molar-refractivity contribution in [3.05, 3.63) is 0 Å². The third-order valence-electron chi connectivity index (χ3n) is 2.79. The molecule has 0 aromatic rings. The van der Waals surface area contributed by atoms with Crippen LogP contribution in [0.4, 0.5) is 0 Å². The summed E-state index contributed by atoms with van der Waals surface area (Å²) in [5.74, 6) is -1.23. The molecule has 0 aromatic carbocycles. The molecule has 1 fully saturated rings. The lowest BCUT2D eigenvalue weighted by Gasteiger charge is -2.06. The lowest BCUT2D eigenvalue weighted by Crippen LogP contribution is -2.19. The molecule has 2 atom stereocenters. The van der Waals surface area contributed by atoms with Gasteiger partial charge < -0.3 is 14.6 Å². The molecule has 0 amide bonds. The van der Waals surface area contributed by atoms with E-state index >= 15 is 0 Å². The smallest absolute Gasteiger partial charge is 0.309 e. The molecule has 0 aliphatic carbocycles. The Bertz CT molecular complexity index is 172. The molecule has 2 unspecified atom stereocenters. The van der Waals surface area contributed by atoms with E-state index in [-0.39, 0.29) is 6.10 Å². The van der Waals surface area contributed by atoms with Crippen LogP contribution in [0.2, 0.25) is 0 Å². The van der Waals surface area contributed by atoms with Gasteiger partial charge in [-0.15, -0.1) is 0 Å². The van der Waals surface area contributed by atoms with Crippen molar-refractivity contribution in [2.75, 3.05) is 6.61 Å². The van der Waals surface area contributed by atoms with Crippen LogP contribution in [-0.2, 0) is 9.47 Å². The van der Waals surface area contributed by atoms with Gasteiger partial charge in [0.1, 0.15) is 6.10 Å². The second kappa shape index (κ2) is 6.46. The molecule has 1 saturated heterocycles. The predicted molar refractivity (Wildman–Crippen MR) is 59.4 cm³/mol. The second-order valence-electron chi connectivity index (χ2n) is 4.29. The zero-order valence-electron chi connectivity index (χ0n) is 10.00. The monoisotopic (exact) mass is 216 g/mol. The molecular formula is C12H24O3. The number of rotatable bonds is 9. The van der Waals surface area contributed by atoms with E-state index < -0.39 is 5.97 Å². The van der Waals surface area contributed by atoms with Crippen LogP contribution in [0.15, 0.2) is 0 Å². The number of ether oxygens (including phenoxy) is 2. The molecule has 0 saturated carbocycles. The van der Waals surface area contributed by atoms with Gasteiger partial charge in [-0.3, -0.25) is 0 Å². The fraction of sp³-hybridized carbons (Fsp3) is 1.00. The van der Waals surface area contributed by atoms with Crippen molar-refractivity contribution >= 4 is 0 Å². The van der Waals surface area contributed by atoms with Gasteiger partial charge in [-0.25, -0.2) is 0 Å². The van der Waals surface area contributed by atoms with Crippen LogP contribution in [-0.4, -0.2) is 23.8 Å². The Hall–Kier alpha value is -0.120. The van der Waals surface area contributed by atoms with Crippen molar-refractivity contribution in [2.45, 2.75) is 70.9 Å². The maximum atomic E-state index is 9.73. The fourth-order valence-corrected chi connectivity index (χ4v) is 1.66. The number of hydrogen-bond donors (Lipinski definition) is 1. The molecule has 1 heterocycles. The summed E-state index contributed by atoms with van der Waals surface area (Å²) in [7, 11) is 0. The van der Waals surface area contributed by atoms with E-state index in [9.17, 15) is 5.11 Å². The highest BCUT2D eigenvalue weighted by Gasteiger charge is 2.56. The molecule has 3 heteroatoms. The van der Waals surface area contributed by atoms with Crippen LogP contribution < -0.4 is 0 Å². The predicted octanol–water partition coefficient (Wildman–Crippen LogP) is 2.82. The van der Waals surface area contributed by atoms with E-state index in [2.05, 4.69) is 13.8 Å². The molecule has 0 spiro atoms. The number of hydrogen-bond acceptors (Lipinski definition) is 3. The van der Waals surface area contributed by atoms with E-state index in [1.807, 2.05) is 0 Å². The van der Waals surface area contributed by atoms with Crippen LogP contribution in [0, 0.1) is 0 Å². The minimum Gasteiger partial charge on any atom is -0.341 e. The van der Waals surface area contributed by atoms with E-state index in [4.69, 9.17) is 9.47 Å². The van der Waals surface area contributed by atoms with Crippen LogP contribution in [0.3, 0.4) is 0 Å². The summed E-state index contributed by atoms with van der Waals surface area (Å²) in [4.78, 5) is 0. The molecule has 90 valence electrons. The van der Waals surface area contributed by atoms with E-state index in [0.29, 0.717) is 6.61 Å². The molecule has 3 nitrogen and oxygen atoms in total. The lowest BCUT2D eigenvalue weighted by molar-refractivity contribution is -0.194. The van der Waals surface area contributed by atoms with Gasteiger partial charge in [0.2, 0.25) is 0 Å². The van der Waals surface area contributed by atoms with Gasteiger partial charge in [-0.2, -0.15) is 0 Å². The van der Waals surface area contributed by atoms with Gasteiger partial charge in [-0.05, 0) is 12.8 Å². The lowest BCUT2D eigenvalue weighted by atomic mass is 10.1. The van der Waals surface area contributed by atoms with Crippen molar-refractivity contribution in [1.29, 1.82) is 0 Å². The average molecular weight is 216 g/mol. The zero-order chi connectivity index (χ0) is 11.1. The third kappa shape index (κ3) is 4.49. The Labute approximate surface area is 92.8 Å². The summed E-state index contributed by atoms with van der Waals surface area (Å²) in [6, 6.07) is 0. The first-order chi connectivity index (χ1) is 7.23. The SMILES string of the molecule is CCCCCCC1OC1(O)OCCCC. The number of unbranched alkanes of at least 4 members (excludes halogenated alkanes) is 4. The summed E-state index contributed by atoms with van der Waals surface area (Å²) in [5.41, 5.74) is 0. The minimum atomic E-state index is -1.23. The van der Waals surface area contributed by atoms with E-state index in [0.717, 1.165) is 25.7 Å². The van der Waals surface area contributed by atoms with E-state index in [1.54, 1.807) is 0 Å². The topological polar surface area (TPSA) is 42.0 Å². The van der Waals surface area contributed by atoms with Crippen LogP contribution in [0.1, 0.15) is 58.8 Å². The Kier molecular flexibility index (Phi) is 5.58. The van der Waals surface area contributed by atoms with Gasteiger partial charge in [0.15, 0.2) is 0 Å². The average Bonchev–Trinajstić information content (AvgIpc) is 2.85. The minimum absolute atomic E-state index is 0.0776. The largest absolute Gasteiger partial charge is 0.341 e. The van der Waals surface area contributed by atoms with Crippen molar-refractivity contribution in [1.82, 2.24) is 0 Å². The second-order valence-corrected chi connectivity index (χ2v) is 4.29. The van der Waals surface area contributed by atoms with Gasteiger partial charge in [-0.1, -0.05) is 46.0 Å².